The lowest BCUT2D eigenvalue weighted by molar-refractivity contribution is -0.129. The third-order valence-corrected chi connectivity index (χ3v) is 4.22. The molecule has 136 valence electrons. The molecule has 0 aliphatic carbocycles. The number of hydroxylamine groups is 1. The third kappa shape index (κ3) is 4.17. The summed E-state index contributed by atoms with van der Waals surface area (Å²) in [5.41, 5.74) is 2.62. The van der Waals surface area contributed by atoms with E-state index in [1.165, 1.54) is 4.90 Å². The maximum Gasteiger partial charge on any atom is 0.327 e. The molecule has 0 radical (unpaired) electrons. The van der Waals surface area contributed by atoms with Crippen LogP contribution in [0.2, 0.25) is 0 Å². The third-order valence-electron chi connectivity index (χ3n) is 4.22. The lowest BCUT2D eigenvalue weighted by atomic mass is 10.0. The molecule has 1 heterocycles. The van der Waals surface area contributed by atoms with E-state index in [9.17, 15) is 14.4 Å². The number of hydrogen-bond donors (Lipinski definition) is 2. The molecule has 1 aromatic carbocycles. The average Bonchev–Trinajstić information content (AvgIpc) is 2.80. The first-order chi connectivity index (χ1) is 11.9. The summed E-state index contributed by atoms with van der Waals surface area (Å²) in [5, 5.41) is 8.63. The highest BCUT2D eigenvalue weighted by Gasteiger charge is 2.44. The van der Waals surface area contributed by atoms with Gasteiger partial charge in [-0.15, -0.1) is 0 Å². The summed E-state index contributed by atoms with van der Waals surface area (Å²) in [5.74, 6) is -0.451. The van der Waals surface area contributed by atoms with E-state index in [1.54, 1.807) is 34.6 Å². The number of carbonyl (C=O) groups is 3. The Bertz CT molecular complexity index is 642. The molecule has 1 saturated heterocycles. The summed E-state index contributed by atoms with van der Waals surface area (Å²) < 4.78 is 0. The van der Waals surface area contributed by atoms with Gasteiger partial charge in [0.05, 0.1) is 6.54 Å². The van der Waals surface area contributed by atoms with Crippen LogP contribution in [0.1, 0.15) is 49.5 Å². The highest BCUT2D eigenvalue weighted by molar-refractivity contribution is 6.04. The molecule has 25 heavy (non-hydrogen) atoms. The van der Waals surface area contributed by atoms with Crippen LogP contribution in [-0.2, 0) is 11.3 Å². The maximum atomic E-state index is 12.7. The van der Waals surface area contributed by atoms with Crippen molar-refractivity contribution in [2.45, 2.75) is 46.2 Å². The number of imide groups is 1. The Morgan fingerprint density at radius 3 is 2.40 bits per heavy atom. The van der Waals surface area contributed by atoms with Gasteiger partial charge in [0.25, 0.3) is 11.8 Å². The van der Waals surface area contributed by atoms with Gasteiger partial charge in [0.15, 0.2) is 0 Å². The van der Waals surface area contributed by atoms with Crippen LogP contribution >= 0.6 is 0 Å². The standard InChI is InChI=1S/C18H25N3O4/c1-4-9-20-15(10-12(2)3)17(23)21(18(20)24)11-13-5-7-14(8-6-13)16(22)19-25/h5-8,12,15,25H,4,9-11H2,1-3H3,(H,19,22). The van der Waals surface area contributed by atoms with E-state index in [0.29, 0.717) is 24.4 Å². The van der Waals surface area contributed by atoms with Gasteiger partial charge in [0.2, 0.25) is 0 Å². The smallest absolute Gasteiger partial charge is 0.312 e. The zero-order valence-electron chi connectivity index (χ0n) is 14.9. The van der Waals surface area contributed by atoms with Crippen LogP contribution in [0, 0.1) is 5.92 Å². The zero-order valence-corrected chi connectivity index (χ0v) is 14.9. The maximum absolute atomic E-state index is 12.7. The topological polar surface area (TPSA) is 90.0 Å². The van der Waals surface area contributed by atoms with Gasteiger partial charge >= 0.3 is 6.03 Å². The second-order valence-electron chi connectivity index (χ2n) is 6.68. The predicted molar refractivity (Wildman–Crippen MR) is 91.9 cm³/mol. The van der Waals surface area contributed by atoms with E-state index in [-0.39, 0.29) is 18.5 Å². The first-order valence-corrected chi connectivity index (χ1v) is 8.54. The monoisotopic (exact) mass is 347 g/mol. The van der Waals surface area contributed by atoms with E-state index in [2.05, 4.69) is 0 Å². The number of carbonyl (C=O) groups excluding carboxylic acids is 3. The minimum atomic E-state index is -0.606. The largest absolute Gasteiger partial charge is 0.327 e. The fourth-order valence-corrected chi connectivity index (χ4v) is 3.02. The van der Waals surface area contributed by atoms with Crippen molar-refractivity contribution < 1.29 is 19.6 Å². The molecule has 1 aliphatic rings. The Hall–Kier alpha value is -2.41. The first-order valence-electron chi connectivity index (χ1n) is 8.54. The van der Waals surface area contributed by atoms with E-state index in [4.69, 9.17) is 5.21 Å². The number of rotatable bonds is 7. The molecule has 1 fully saturated rings. The van der Waals surface area contributed by atoms with Crippen molar-refractivity contribution in [2.24, 2.45) is 5.92 Å². The molecule has 0 saturated carbocycles. The lowest BCUT2D eigenvalue weighted by Crippen LogP contribution is -2.36. The van der Waals surface area contributed by atoms with Crippen LogP contribution in [0.15, 0.2) is 24.3 Å². The Morgan fingerprint density at radius 1 is 1.24 bits per heavy atom. The van der Waals surface area contributed by atoms with Crippen LogP contribution in [0.3, 0.4) is 0 Å². The molecule has 1 aromatic rings. The average molecular weight is 347 g/mol. The molecule has 7 heteroatoms. The summed E-state index contributed by atoms with van der Waals surface area (Å²) in [4.78, 5) is 39.7. The van der Waals surface area contributed by atoms with Crippen LogP contribution < -0.4 is 5.48 Å². The molecule has 7 nitrogen and oxygen atoms in total. The van der Waals surface area contributed by atoms with Crippen molar-refractivity contribution in [1.29, 1.82) is 0 Å². The summed E-state index contributed by atoms with van der Waals surface area (Å²) in [6, 6.07) is 5.78. The quantitative estimate of drug-likeness (QED) is 0.450. The van der Waals surface area contributed by atoms with Gasteiger partial charge in [0.1, 0.15) is 6.04 Å². The second-order valence-corrected chi connectivity index (χ2v) is 6.68. The molecule has 0 bridgehead atoms. The fourth-order valence-electron chi connectivity index (χ4n) is 3.02. The van der Waals surface area contributed by atoms with Gasteiger partial charge in [-0.1, -0.05) is 32.9 Å². The van der Waals surface area contributed by atoms with E-state index in [1.807, 2.05) is 20.8 Å². The van der Waals surface area contributed by atoms with Gasteiger partial charge in [0, 0.05) is 12.1 Å². The van der Waals surface area contributed by atoms with Crippen molar-refractivity contribution >= 4 is 17.8 Å². The van der Waals surface area contributed by atoms with Gasteiger partial charge < -0.3 is 4.90 Å². The highest BCUT2D eigenvalue weighted by atomic mass is 16.5. The van der Waals surface area contributed by atoms with Crippen LogP contribution in [0.5, 0.6) is 0 Å². The van der Waals surface area contributed by atoms with E-state index in [0.717, 1.165) is 12.0 Å². The van der Waals surface area contributed by atoms with Crippen molar-refractivity contribution in [2.75, 3.05) is 6.54 Å². The molecule has 2 rings (SSSR count). The minimum absolute atomic E-state index is 0.163. The number of benzene rings is 1. The number of amides is 4. The Balaban J connectivity index is 2.16. The molecule has 1 atom stereocenters. The van der Waals surface area contributed by atoms with Crippen molar-refractivity contribution in [1.82, 2.24) is 15.3 Å². The van der Waals surface area contributed by atoms with E-state index >= 15 is 0 Å². The number of nitrogens with zero attached hydrogens (tertiary/aromatic N) is 2. The molecular weight excluding hydrogens is 322 g/mol. The lowest BCUT2D eigenvalue weighted by Gasteiger charge is -2.22. The molecular formula is C18H25N3O4. The molecule has 0 spiro atoms. The Morgan fingerprint density at radius 2 is 1.88 bits per heavy atom. The number of hydrogen-bond acceptors (Lipinski definition) is 4. The van der Waals surface area contributed by atoms with Crippen molar-refractivity contribution in [3.05, 3.63) is 35.4 Å². The molecule has 2 N–H and O–H groups in total. The molecule has 4 amide bonds. The first kappa shape index (κ1) is 18.9. The van der Waals surface area contributed by atoms with Gasteiger partial charge in [-0.3, -0.25) is 19.7 Å². The number of urea groups is 1. The zero-order chi connectivity index (χ0) is 18.6. The SMILES string of the molecule is CCCN1C(=O)N(Cc2ccc(C(=O)NO)cc2)C(=O)C1CC(C)C. The van der Waals surface area contributed by atoms with Crippen LogP contribution in [-0.4, -0.2) is 45.4 Å². The molecule has 1 unspecified atom stereocenters. The summed E-state index contributed by atoms with van der Waals surface area (Å²) in [6.07, 6.45) is 1.45. The second kappa shape index (κ2) is 8.11. The van der Waals surface area contributed by atoms with Gasteiger partial charge in [-0.25, -0.2) is 10.3 Å². The fraction of sp³-hybridized carbons (Fsp3) is 0.500. The normalized spacial score (nSPS) is 17.6. The van der Waals surface area contributed by atoms with E-state index < -0.39 is 11.9 Å². The minimum Gasteiger partial charge on any atom is -0.312 e. The molecule has 0 aromatic heterocycles. The predicted octanol–water partition coefficient (Wildman–Crippen LogP) is 2.39. The summed E-state index contributed by atoms with van der Waals surface area (Å²) in [6.45, 7) is 6.80. The van der Waals surface area contributed by atoms with Gasteiger partial charge in [-0.2, -0.15) is 0 Å². The summed E-state index contributed by atoms with van der Waals surface area (Å²) in [7, 11) is 0. The van der Waals surface area contributed by atoms with Crippen LogP contribution in [0.4, 0.5) is 4.79 Å². The Labute approximate surface area is 147 Å². The molecule has 1 aliphatic heterocycles. The van der Waals surface area contributed by atoms with Gasteiger partial charge in [-0.05, 0) is 36.5 Å². The van der Waals surface area contributed by atoms with Crippen LogP contribution in [0.25, 0.3) is 0 Å². The Kier molecular flexibility index (Phi) is 6.14. The van der Waals surface area contributed by atoms with Crippen molar-refractivity contribution in [3.63, 3.8) is 0 Å². The number of nitrogens with one attached hydrogen (secondary N) is 1. The highest BCUT2D eigenvalue weighted by Crippen LogP contribution is 2.25. The van der Waals surface area contributed by atoms with Crippen molar-refractivity contribution in [3.8, 4) is 0 Å². The summed E-state index contributed by atoms with van der Waals surface area (Å²) >= 11 is 0.